The number of hydrogen-bond acceptors (Lipinski definition) is 4. The molecule has 1 aliphatic heterocycles. The van der Waals surface area contributed by atoms with Gasteiger partial charge >= 0.3 is 6.03 Å². The predicted octanol–water partition coefficient (Wildman–Crippen LogP) is 6.58. The van der Waals surface area contributed by atoms with Gasteiger partial charge in [-0.1, -0.05) is 37.9 Å². The summed E-state index contributed by atoms with van der Waals surface area (Å²) in [6.45, 7) is 5.29. The van der Waals surface area contributed by atoms with Crippen LogP contribution in [0.15, 0.2) is 53.7 Å². The Morgan fingerprint density at radius 2 is 1.81 bits per heavy atom. The summed E-state index contributed by atoms with van der Waals surface area (Å²) in [7, 11) is 0. The number of anilines is 1. The highest BCUT2D eigenvalue weighted by atomic mass is 19.1. The van der Waals surface area contributed by atoms with Gasteiger partial charge in [0.2, 0.25) is 0 Å². The lowest BCUT2D eigenvalue weighted by molar-refractivity contribution is 0.153. The number of benzene rings is 2. The van der Waals surface area contributed by atoms with Crippen LogP contribution >= 0.6 is 0 Å². The zero-order valence-electron chi connectivity index (χ0n) is 18.1. The number of likely N-dealkylation sites (tertiary alicyclic amines) is 1. The van der Waals surface area contributed by atoms with Gasteiger partial charge in [0.1, 0.15) is 22.9 Å². The van der Waals surface area contributed by atoms with Gasteiger partial charge in [0.05, 0.1) is 0 Å². The molecule has 1 N–H and O–H groups in total. The maximum atomic E-state index is 13.0. The molecule has 0 atom stereocenters. The molecule has 7 heteroatoms. The Morgan fingerprint density at radius 3 is 2.42 bits per heavy atom. The molecule has 1 saturated heterocycles. The molecule has 0 spiro atoms. The number of piperidine rings is 1. The largest absolute Gasteiger partial charge is 0.457 e. The number of halogens is 1. The highest BCUT2D eigenvalue weighted by Crippen LogP contribution is 2.35. The van der Waals surface area contributed by atoms with Gasteiger partial charge in [-0.2, -0.15) is 4.91 Å². The summed E-state index contributed by atoms with van der Waals surface area (Å²) in [5.74, 6) is 1.21. The van der Waals surface area contributed by atoms with Crippen molar-refractivity contribution in [3.63, 3.8) is 0 Å². The SMILES string of the molecule is CCC(CC)CC1(N=O)CCN(C(=O)Nc2cccc(Oc3ccc(F)cc3)c2)CC1. The molecule has 1 aliphatic rings. The predicted molar refractivity (Wildman–Crippen MR) is 120 cm³/mol. The normalized spacial score (nSPS) is 15.5. The molecule has 0 saturated carbocycles. The van der Waals surface area contributed by atoms with Gasteiger partial charge in [-0.15, -0.1) is 0 Å². The number of ether oxygens (including phenoxy) is 1. The summed E-state index contributed by atoms with van der Waals surface area (Å²) in [6, 6.07) is 12.6. The quantitative estimate of drug-likeness (QED) is 0.484. The van der Waals surface area contributed by atoms with Crippen molar-refractivity contribution < 1.29 is 13.9 Å². The van der Waals surface area contributed by atoms with Crippen LogP contribution in [-0.4, -0.2) is 29.6 Å². The van der Waals surface area contributed by atoms with Crippen LogP contribution in [0.2, 0.25) is 0 Å². The average molecular weight is 428 g/mol. The van der Waals surface area contributed by atoms with E-state index in [-0.39, 0.29) is 11.8 Å². The first-order valence-corrected chi connectivity index (χ1v) is 10.9. The minimum Gasteiger partial charge on any atom is -0.457 e. The van der Waals surface area contributed by atoms with Crippen LogP contribution in [0.25, 0.3) is 0 Å². The smallest absolute Gasteiger partial charge is 0.321 e. The Balaban J connectivity index is 1.57. The number of rotatable bonds is 8. The third-order valence-electron chi connectivity index (χ3n) is 6.13. The van der Waals surface area contributed by atoms with Gasteiger partial charge < -0.3 is 15.0 Å². The zero-order valence-corrected chi connectivity index (χ0v) is 18.1. The number of carbonyl (C=O) groups is 1. The van der Waals surface area contributed by atoms with E-state index in [1.165, 1.54) is 12.1 Å². The van der Waals surface area contributed by atoms with Crippen LogP contribution in [0.4, 0.5) is 14.9 Å². The Morgan fingerprint density at radius 1 is 1.13 bits per heavy atom. The molecule has 2 amide bonds. The Hall–Kier alpha value is -2.96. The molecule has 1 heterocycles. The zero-order chi connectivity index (χ0) is 22.3. The molecule has 2 aromatic carbocycles. The molecule has 166 valence electrons. The van der Waals surface area contributed by atoms with Gasteiger partial charge in [0.25, 0.3) is 0 Å². The van der Waals surface area contributed by atoms with Crippen LogP contribution in [0.3, 0.4) is 0 Å². The van der Waals surface area contributed by atoms with Crippen molar-refractivity contribution in [3.05, 3.63) is 59.3 Å². The van der Waals surface area contributed by atoms with Gasteiger partial charge in [-0.05, 0) is 61.6 Å². The summed E-state index contributed by atoms with van der Waals surface area (Å²) in [4.78, 5) is 26.1. The van der Waals surface area contributed by atoms with Crippen molar-refractivity contribution in [2.24, 2.45) is 11.1 Å². The molecule has 0 unspecified atom stereocenters. The summed E-state index contributed by atoms with van der Waals surface area (Å²) in [5, 5.41) is 6.39. The molecule has 6 nitrogen and oxygen atoms in total. The van der Waals surface area contributed by atoms with Gasteiger partial charge in [-0.25, -0.2) is 9.18 Å². The second-order valence-corrected chi connectivity index (χ2v) is 8.20. The number of amides is 2. The number of nitroso groups, excluding NO2 is 1. The number of carbonyl (C=O) groups excluding carboxylic acids is 1. The monoisotopic (exact) mass is 427 g/mol. The first-order chi connectivity index (χ1) is 15.0. The molecule has 3 rings (SSSR count). The van der Waals surface area contributed by atoms with Crippen molar-refractivity contribution in [1.82, 2.24) is 4.90 Å². The summed E-state index contributed by atoms with van der Waals surface area (Å²) in [6.07, 6.45) is 4.05. The highest BCUT2D eigenvalue weighted by molar-refractivity contribution is 5.89. The van der Waals surface area contributed by atoms with Crippen LogP contribution in [0.5, 0.6) is 11.5 Å². The van der Waals surface area contributed by atoms with E-state index in [0.717, 1.165) is 19.3 Å². The molecule has 0 aliphatic carbocycles. The van der Waals surface area contributed by atoms with Crippen molar-refractivity contribution in [1.29, 1.82) is 0 Å². The number of urea groups is 1. The van der Waals surface area contributed by atoms with Crippen molar-refractivity contribution >= 4 is 11.7 Å². The molecule has 1 fully saturated rings. The third-order valence-corrected chi connectivity index (χ3v) is 6.13. The van der Waals surface area contributed by atoms with E-state index < -0.39 is 5.54 Å². The first kappa shape index (κ1) is 22.7. The average Bonchev–Trinajstić information content (AvgIpc) is 2.79. The fourth-order valence-corrected chi connectivity index (χ4v) is 4.05. The first-order valence-electron chi connectivity index (χ1n) is 10.9. The maximum Gasteiger partial charge on any atom is 0.321 e. The van der Waals surface area contributed by atoms with Gasteiger partial charge in [-0.3, -0.25) is 0 Å². The lowest BCUT2D eigenvalue weighted by Gasteiger charge is -2.38. The second kappa shape index (κ2) is 10.4. The minimum absolute atomic E-state index is 0.207. The van der Waals surface area contributed by atoms with E-state index in [2.05, 4.69) is 24.3 Å². The standard InChI is InChI=1S/C24H30FN3O3/c1-3-18(4-2)17-24(27-30)12-14-28(15-13-24)23(29)26-20-6-5-7-22(16-20)31-21-10-8-19(25)9-11-21/h5-11,16,18H,3-4,12-15,17H2,1-2H3,(H,26,29). The number of nitrogens with zero attached hydrogens (tertiary/aromatic N) is 2. The molecule has 2 aromatic rings. The summed E-state index contributed by atoms with van der Waals surface area (Å²) in [5.41, 5.74) is 0.0445. The van der Waals surface area contributed by atoms with Crippen molar-refractivity contribution in [2.45, 2.75) is 51.5 Å². The third kappa shape index (κ3) is 6.03. The molecular formula is C24H30FN3O3. The molecule has 31 heavy (non-hydrogen) atoms. The number of hydrogen-bond donors (Lipinski definition) is 1. The Kier molecular flexibility index (Phi) is 7.60. The van der Waals surface area contributed by atoms with Crippen LogP contribution in [0.1, 0.15) is 46.0 Å². The molecule has 0 bridgehead atoms. The highest BCUT2D eigenvalue weighted by Gasteiger charge is 2.38. The van der Waals surface area contributed by atoms with Gasteiger partial charge in [0.15, 0.2) is 0 Å². The van der Waals surface area contributed by atoms with E-state index >= 15 is 0 Å². The fourth-order valence-electron chi connectivity index (χ4n) is 4.05. The molecular weight excluding hydrogens is 397 g/mol. The minimum atomic E-state index is -0.559. The van der Waals surface area contributed by atoms with E-state index in [9.17, 15) is 14.1 Å². The Labute approximate surface area is 182 Å². The van der Waals surface area contributed by atoms with Crippen LogP contribution in [0, 0.1) is 16.6 Å². The topological polar surface area (TPSA) is 71.0 Å². The lowest BCUT2D eigenvalue weighted by Crippen LogP contribution is -2.47. The van der Waals surface area contributed by atoms with E-state index in [1.807, 2.05) is 0 Å². The summed E-state index contributed by atoms with van der Waals surface area (Å²) < 4.78 is 18.8. The fraction of sp³-hybridized carbons (Fsp3) is 0.458. The summed E-state index contributed by atoms with van der Waals surface area (Å²) >= 11 is 0. The van der Waals surface area contributed by atoms with E-state index in [1.54, 1.807) is 41.3 Å². The lowest BCUT2D eigenvalue weighted by atomic mass is 9.79. The van der Waals surface area contributed by atoms with Gasteiger partial charge in [0, 0.05) is 24.8 Å². The number of nitrogens with one attached hydrogen (secondary N) is 1. The molecule has 0 radical (unpaired) electrons. The van der Waals surface area contributed by atoms with Crippen molar-refractivity contribution in [3.8, 4) is 11.5 Å². The molecule has 0 aromatic heterocycles. The van der Waals surface area contributed by atoms with E-state index in [0.29, 0.717) is 49.0 Å². The van der Waals surface area contributed by atoms with Crippen LogP contribution < -0.4 is 10.1 Å². The van der Waals surface area contributed by atoms with Crippen molar-refractivity contribution in [2.75, 3.05) is 18.4 Å². The van der Waals surface area contributed by atoms with Crippen LogP contribution in [-0.2, 0) is 0 Å². The maximum absolute atomic E-state index is 13.0. The Bertz CT molecular complexity index is 876. The second-order valence-electron chi connectivity index (χ2n) is 8.20. The van der Waals surface area contributed by atoms with E-state index in [4.69, 9.17) is 4.74 Å².